The van der Waals surface area contributed by atoms with Crippen LogP contribution in [0.3, 0.4) is 0 Å². The molecule has 82 heavy (non-hydrogen) atoms. The highest BCUT2D eigenvalue weighted by Gasteiger charge is 2.18. The molecule has 1 amide bonds. The van der Waals surface area contributed by atoms with Gasteiger partial charge in [-0.3, -0.25) is 9.59 Å². The molecule has 0 aromatic heterocycles. The minimum Gasteiger partial charge on any atom is -0.466 e. The summed E-state index contributed by atoms with van der Waals surface area (Å²) in [7, 11) is 0. The SMILES string of the molecule is CCCCC/C=C\C/C=C\CCCCCCCC(=O)OCCCCCCCCCCCCCCCCCCCCCCCCCCCCCCCCCCCCCCCC(=O)NC(CO)C(O)/C=C/CCCCCCCCCCCCC. The Hall–Kier alpha value is -1.92. The van der Waals surface area contributed by atoms with Gasteiger partial charge in [0.1, 0.15) is 0 Å². The van der Waals surface area contributed by atoms with Gasteiger partial charge >= 0.3 is 5.97 Å². The van der Waals surface area contributed by atoms with Crippen molar-refractivity contribution in [2.45, 2.75) is 424 Å². The van der Waals surface area contributed by atoms with Gasteiger partial charge in [0.2, 0.25) is 5.91 Å². The number of amides is 1. The van der Waals surface area contributed by atoms with E-state index in [0.29, 0.717) is 19.4 Å². The van der Waals surface area contributed by atoms with Gasteiger partial charge in [0.15, 0.2) is 0 Å². The zero-order chi connectivity index (χ0) is 59.2. The second kappa shape index (κ2) is 71.6. The van der Waals surface area contributed by atoms with Crippen LogP contribution in [-0.2, 0) is 14.3 Å². The number of aliphatic hydroxyl groups excluding tert-OH is 2. The lowest BCUT2D eigenvalue weighted by Crippen LogP contribution is -2.45. The van der Waals surface area contributed by atoms with Crippen LogP contribution in [0.5, 0.6) is 0 Å². The van der Waals surface area contributed by atoms with Crippen molar-refractivity contribution in [2.75, 3.05) is 13.2 Å². The van der Waals surface area contributed by atoms with Crippen molar-refractivity contribution in [1.82, 2.24) is 5.32 Å². The maximum Gasteiger partial charge on any atom is 0.305 e. The topological polar surface area (TPSA) is 95.9 Å². The Balaban J connectivity index is 3.30. The van der Waals surface area contributed by atoms with E-state index in [1.807, 2.05) is 6.08 Å². The molecule has 0 spiro atoms. The number of rotatable bonds is 70. The molecule has 0 bridgehead atoms. The smallest absolute Gasteiger partial charge is 0.305 e. The number of nitrogens with one attached hydrogen (secondary N) is 1. The Morgan fingerprint density at radius 2 is 0.610 bits per heavy atom. The van der Waals surface area contributed by atoms with E-state index < -0.39 is 12.1 Å². The van der Waals surface area contributed by atoms with Crippen LogP contribution >= 0.6 is 0 Å². The number of hydrogen-bond donors (Lipinski definition) is 3. The number of esters is 1. The number of unbranched alkanes of at least 4 members (excludes halogenated alkanes) is 55. The van der Waals surface area contributed by atoms with Crippen LogP contribution < -0.4 is 5.32 Å². The van der Waals surface area contributed by atoms with Crippen LogP contribution in [0.1, 0.15) is 412 Å². The first-order valence-corrected chi connectivity index (χ1v) is 37.3. The minimum absolute atomic E-state index is 0.00944. The van der Waals surface area contributed by atoms with E-state index >= 15 is 0 Å². The van der Waals surface area contributed by atoms with E-state index in [1.54, 1.807) is 6.08 Å². The molecule has 0 fully saturated rings. The molecule has 0 aliphatic rings. The quantitative estimate of drug-likeness (QED) is 0.0320. The van der Waals surface area contributed by atoms with Crippen molar-refractivity contribution in [3.8, 4) is 0 Å². The second-order valence-electron chi connectivity index (χ2n) is 25.6. The van der Waals surface area contributed by atoms with E-state index in [4.69, 9.17) is 4.74 Å². The van der Waals surface area contributed by atoms with Crippen molar-refractivity contribution in [1.29, 1.82) is 0 Å². The molecular formula is C76H145NO5. The fourth-order valence-electron chi connectivity index (χ4n) is 11.7. The Labute approximate surface area is 513 Å². The lowest BCUT2D eigenvalue weighted by molar-refractivity contribution is -0.143. The molecule has 6 heteroatoms. The molecule has 0 radical (unpaired) electrons. The van der Waals surface area contributed by atoms with Gasteiger partial charge in [0.05, 0.1) is 25.4 Å². The van der Waals surface area contributed by atoms with Gasteiger partial charge in [-0.2, -0.15) is 0 Å². The molecule has 0 rings (SSSR count). The summed E-state index contributed by atoms with van der Waals surface area (Å²) >= 11 is 0. The van der Waals surface area contributed by atoms with Gasteiger partial charge in [0.25, 0.3) is 0 Å². The Morgan fingerprint density at radius 1 is 0.341 bits per heavy atom. The summed E-state index contributed by atoms with van der Waals surface area (Å²) in [5.74, 6) is -0.0512. The Morgan fingerprint density at radius 3 is 0.951 bits per heavy atom. The maximum atomic E-state index is 12.5. The molecule has 0 heterocycles. The Kier molecular flexibility index (Phi) is 69.9. The molecule has 0 aliphatic heterocycles. The standard InChI is InChI=1S/C76H145NO5/c1-3-5-7-9-11-13-15-17-41-46-50-54-58-62-66-70-76(81)82-71-67-63-59-55-51-47-43-40-38-36-34-32-30-28-26-24-22-20-18-19-21-23-25-27-29-31-33-35-37-39-42-45-49-53-57-61-65-69-75(80)77-73(72-78)74(79)68-64-60-56-52-48-44-16-14-12-10-8-6-4-2/h11,13,17,41,64,68,73-74,78-79H,3-10,12,14-16,18-40,42-63,65-67,69-72H2,1-2H3,(H,77,80)/b13-11-,41-17-,68-64+. The average Bonchev–Trinajstić information content (AvgIpc) is 3.48. The van der Waals surface area contributed by atoms with E-state index in [2.05, 4.69) is 43.5 Å². The normalized spacial score (nSPS) is 12.7. The third-order valence-electron chi connectivity index (χ3n) is 17.4. The molecule has 3 N–H and O–H groups in total. The molecule has 0 aromatic rings. The summed E-state index contributed by atoms with van der Waals surface area (Å²) in [5.41, 5.74) is 0. The van der Waals surface area contributed by atoms with Crippen molar-refractivity contribution >= 4 is 11.9 Å². The second-order valence-corrected chi connectivity index (χ2v) is 25.6. The molecule has 6 nitrogen and oxygen atoms in total. The minimum atomic E-state index is -0.839. The van der Waals surface area contributed by atoms with Crippen LogP contribution in [0.4, 0.5) is 0 Å². The predicted octanol–water partition coefficient (Wildman–Crippen LogP) is 24.3. The number of allylic oxidation sites excluding steroid dienone is 5. The molecule has 2 unspecified atom stereocenters. The van der Waals surface area contributed by atoms with Gasteiger partial charge in [-0.1, -0.05) is 371 Å². The molecule has 0 saturated carbocycles. The first kappa shape index (κ1) is 80.1. The third kappa shape index (κ3) is 67.2. The highest BCUT2D eigenvalue weighted by molar-refractivity contribution is 5.76. The molecule has 0 saturated heterocycles. The molecule has 484 valence electrons. The maximum absolute atomic E-state index is 12.5. The zero-order valence-electron chi connectivity index (χ0n) is 55.5. The van der Waals surface area contributed by atoms with E-state index in [-0.39, 0.29) is 18.5 Å². The molecule has 0 aromatic carbocycles. The highest BCUT2D eigenvalue weighted by Crippen LogP contribution is 2.19. The van der Waals surface area contributed by atoms with Crippen LogP contribution in [0.15, 0.2) is 36.5 Å². The summed E-state index contributed by atoms with van der Waals surface area (Å²) in [4.78, 5) is 24.5. The van der Waals surface area contributed by atoms with Gasteiger partial charge in [-0.25, -0.2) is 0 Å². The number of aliphatic hydroxyl groups is 2. The fraction of sp³-hybridized carbons (Fsp3) is 0.895. The van der Waals surface area contributed by atoms with Gasteiger partial charge in [0, 0.05) is 12.8 Å². The summed E-state index contributed by atoms with van der Waals surface area (Å²) < 4.78 is 5.49. The van der Waals surface area contributed by atoms with E-state index in [0.717, 1.165) is 51.4 Å². The lowest BCUT2D eigenvalue weighted by atomic mass is 10.0. The number of ether oxygens (including phenoxy) is 1. The van der Waals surface area contributed by atoms with Crippen molar-refractivity contribution in [3.05, 3.63) is 36.5 Å². The molecular weight excluding hydrogens is 1010 g/mol. The first-order valence-electron chi connectivity index (χ1n) is 37.3. The summed E-state index contributed by atoms with van der Waals surface area (Å²) in [6.07, 6.45) is 92.6. The van der Waals surface area contributed by atoms with Crippen LogP contribution in [0, 0.1) is 0 Å². The summed E-state index contributed by atoms with van der Waals surface area (Å²) in [5, 5.41) is 23.1. The molecule has 2 atom stereocenters. The van der Waals surface area contributed by atoms with Crippen molar-refractivity contribution in [3.63, 3.8) is 0 Å². The van der Waals surface area contributed by atoms with Crippen LogP contribution in [0.25, 0.3) is 0 Å². The fourth-order valence-corrected chi connectivity index (χ4v) is 11.7. The third-order valence-corrected chi connectivity index (χ3v) is 17.4. The van der Waals surface area contributed by atoms with Gasteiger partial charge in [-0.05, 0) is 64.2 Å². The van der Waals surface area contributed by atoms with Gasteiger partial charge in [-0.15, -0.1) is 0 Å². The Bertz CT molecular complexity index is 1330. The summed E-state index contributed by atoms with van der Waals surface area (Å²) in [6.45, 7) is 4.90. The highest BCUT2D eigenvalue weighted by atomic mass is 16.5. The predicted molar refractivity (Wildman–Crippen MR) is 361 cm³/mol. The number of carbonyl (C=O) groups is 2. The van der Waals surface area contributed by atoms with Crippen LogP contribution in [-0.4, -0.2) is 47.4 Å². The van der Waals surface area contributed by atoms with Crippen LogP contribution in [0.2, 0.25) is 0 Å². The molecule has 0 aliphatic carbocycles. The van der Waals surface area contributed by atoms with Crippen molar-refractivity contribution in [2.24, 2.45) is 0 Å². The zero-order valence-corrected chi connectivity index (χ0v) is 55.5. The van der Waals surface area contributed by atoms with Gasteiger partial charge < -0.3 is 20.3 Å². The monoisotopic (exact) mass is 1150 g/mol. The largest absolute Gasteiger partial charge is 0.466 e. The van der Waals surface area contributed by atoms with Crippen molar-refractivity contribution < 1.29 is 24.5 Å². The average molecular weight is 1150 g/mol. The number of carbonyl (C=O) groups excluding carboxylic acids is 2. The summed E-state index contributed by atoms with van der Waals surface area (Å²) in [6, 6.07) is -0.622. The first-order chi connectivity index (χ1) is 40.5. The van der Waals surface area contributed by atoms with E-state index in [9.17, 15) is 19.8 Å². The number of hydrogen-bond acceptors (Lipinski definition) is 5. The lowest BCUT2D eigenvalue weighted by Gasteiger charge is -2.20. The van der Waals surface area contributed by atoms with E-state index in [1.165, 1.54) is 334 Å².